The van der Waals surface area contributed by atoms with E-state index >= 15 is 0 Å². The number of carbonyl (C=O) groups excluding carboxylic acids is 1. The van der Waals surface area contributed by atoms with Crippen LogP contribution in [0.4, 0.5) is 0 Å². The van der Waals surface area contributed by atoms with Crippen molar-refractivity contribution < 1.29 is 31.5 Å². The van der Waals surface area contributed by atoms with Crippen LogP contribution in [-0.4, -0.2) is 57.6 Å². The Morgan fingerprint density at radius 1 is 1.32 bits per heavy atom. The Hall–Kier alpha value is -2.41. The molecule has 1 aromatic rings. The van der Waals surface area contributed by atoms with Gasteiger partial charge in [-0.1, -0.05) is 30.2 Å². The summed E-state index contributed by atoms with van der Waals surface area (Å²) in [5, 5.41) is 21.4. The van der Waals surface area contributed by atoms with E-state index in [9.17, 15) is 24.6 Å². The first-order valence-corrected chi connectivity index (χ1v) is 8.05. The molecule has 1 amide bonds. The van der Waals surface area contributed by atoms with Gasteiger partial charge in [0, 0.05) is 6.54 Å². The second-order valence-corrected chi connectivity index (χ2v) is 5.95. The van der Waals surface area contributed by atoms with Crippen LogP contribution in [0.2, 0.25) is 0 Å². The van der Waals surface area contributed by atoms with E-state index in [0.29, 0.717) is 12.8 Å². The number of nitrogens with one attached hydrogen (secondary N) is 1. The molecule has 7 nitrogen and oxygen atoms in total. The number of rotatable bonds is 8. The molecule has 0 radical (unpaired) electrons. The van der Waals surface area contributed by atoms with Gasteiger partial charge in [0.25, 0.3) is 0 Å². The Kier molecular flexibility index (Phi) is 4.44. The minimum atomic E-state index is -1.27. The van der Waals surface area contributed by atoms with E-state index in [-0.39, 0.29) is 24.9 Å². The summed E-state index contributed by atoms with van der Waals surface area (Å²) in [6.07, 6.45) is 0.657. The average molecular weight is 353 g/mol. The minimum Gasteiger partial charge on any atom is -0.480 e. The van der Waals surface area contributed by atoms with E-state index in [1.165, 1.54) is 11.8 Å². The maximum atomic E-state index is 12.6. The highest BCUT2D eigenvalue weighted by molar-refractivity contribution is 5.88. The molecular formula is C18H24N2O5. The maximum absolute atomic E-state index is 12.6. The van der Waals surface area contributed by atoms with Gasteiger partial charge in [-0.25, -0.2) is 4.79 Å². The Morgan fingerprint density at radius 2 is 2.00 bits per heavy atom. The van der Waals surface area contributed by atoms with Gasteiger partial charge in [-0.3, -0.25) is 14.9 Å². The zero-order valence-corrected chi connectivity index (χ0v) is 13.8. The summed E-state index contributed by atoms with van der Waals surface area (Å²) in [6.45, 7) is 1.72. The summed E-state index contributed by atoms with van der Waals surface area (Å²) < 4.78 is 38.8. The quantitative estimate of drug-likeness (QED) is 0.647. The molecule has 136 valence electrons. The fourth-order valence-electron chi connectivity index (χ4n) is 2.88. The van der Waals surface area contributed by atoms with Crippen LogP contribution < -0.4 is 5.32 Å². The molecule has 1 aliphatic rings. The van der Waals surface area contributed by atoms with Crippen LogP contribution in [-0.2, 0) is 20.8 Å². The number of hydrogen-bond acceptors (Lipinski definition) is 4. The van der Waals surface area contributed by atoms with Crippen molar-refractivity contribution in [3.63, 3.8) is 0 Å². The van der Waals surface area contributed by atoms with Crippen molar-refractivity contribution in [3.05, 3.63) is 35.8 Å². The first kappa shape index (κ1) is 12.9. The molecule has 1 aromatic carbocycles. The van der Waals surface area contributed by atoms with Crippen LogP contribution in [0, 0.1) is 0 Å². The molecule has 0 aliphatic carbocycles. The molecule has 0 unspecified atom stereocenters. The number of benzene rings is 1. The standard InChI is InChI=1S/C18H24N2O5/c1-12(16(21)20-11-5-8-15(20)18(24)25)19-14(17(22)23)10-9-13-6-3-2-4-7-13/h2-4,6-7,12,14-15,19H,5,8-11H2,1H3,(H,22,23)(H,24,25)/t12-,14-,15-/m1/s1/i2D,3D,4D,6D,7D. The average Bonchev–Trinajstić information content (AvgIpc) is 3.19. The Morgan fingerprint density at radius 3 is 2.60 bits per heavy atom. The number of carbonyl (C=O) groups is 3. The van der Waals surface area contributed by atoms with E-state index in [1.54, 1.807) is 0 Å². The molecule has 0 saturated carbocycles. The lowest BCUT2D eigenvalue weighted by Crippen LogP contribution is -2.53. The highest BCUT2D eigenvalue weighted by Gasteiger charge is 2.36. The molecule has 25 heavy (non-hydrogen) atoms. The maximum Gasteiger partial charge on any atom is 0.326 e. The first-order chi connectivity index (χ1) is 14.0. The van der Waals surface area contributed by atoms with Crippen LogP contribution in [0.1, 0.15) is 38.6 Å². The summed E-state index contributed by atoms with van der Waals surface area (Å²) >= 11 is 0. The first-order valence-electron chi connectivity index (χ1n) is 10.5. The SMILES string of the molecule is [2H]c1c([2H])c([2H])c(CC[C@@H](N[C@H](C)C(=O)N2CCC[C@@H]2C(=O)O)C(=O)O)c([2H])c1[2H]. The topological polar surface area (TPSA) is 107 Å². The molecule has 7 heteroatoms. The van der Waals surface area contributed by atoms with Crippen molar-refractivity contribution in [1.29, 1.82) is 0 Å². The summed E-state index contributed by atoms with van der Waals surface area (Å²) in [5.41, 5.74) is -0.00138. The Labute approximate surface area is 153 Å². The van der Waals surface area contributed by atoms with Gasteiger partial charge >= 0.3 is 11.9 Å². The molecule has 0 spiro atoms. The van der Waals surface area contributed by atoms with Crippen LogP contribution in [0.5, 0.6) is 0 Å². The normalized spacial score (nSPS) is 22.2. The van der Waals surface area contributed by atoms with Crippen LogP contribution in [0.3, 0.4) is 0 Å². The predicted molar refractivity (Wildman–Crippen MR) is 91.2 cm³/mol. The third kappa shape index (κ3) is 5.03. The zero-order chi connectivity index (χ0) is 22.7. The highest BCUT2D eigenvalue weighted by atomic mass is 16.4. The molecule has 1 saturated heterocycles. The Balaban J connectivity index is 2.12. The van der Waals surface area contributed by atoms with E-state index in [4.69, 9.17) is 6.85 Å². The number of carboxylic acid groups (broad SMARTS) is 2. The van der Waals surface area contributed by atoms with Crippen LogP contribution in [0.25, 0.3) is 0 Å². The molecule has 1 heterocycles. The van der Waals surface area contributed by atoms with E-state index in [0.717, 1.165) is 0 Å². The van der Waals surface area contributed by atoms with Crippen molar-refractivity contribution in [2.45, 2.75) is 50.7 Å². The van der Waals surface area contributed by atoms with Gasteiger partial charge in [0.2, 0.25) is 5.91 Å². The fourth-order valence-corrected chi connectivity index (χ4v) is 2.88. The largest absolute Gasteiger partial charge is 0.480 e. The van der Waals surface area contributed by atoms with Crippen molar-refractivity contribution >= 4 is 17.8 Å². The number of likely N-dealkylation sites (tertiary alicyclic amines) is 1. The smallest absolute Gasteiger partial charge is 0.326 e. The third-order valence-electron chi connectivity index (χ3n) is 4.18. The van der Waals surface area contributed by atoms with Gasteiger partial charge in [0.1, 0.15) is 12.1 Å². The van der Waals surface area contributed by atoms with Crippen molar-refractivity contribution in [2.75, 3.05) is 6.54 Å². The van der Waals surface area contributed by atoms with Gasteiger partial charge < -0.3 is 15.1 Å². The van der Waals surface area contributed by atoms with Crippen LogP contribution in [0.15, 0.2) is 30.2 Å². The van der Waals surface area contributed by atoms with Gasteiger partial charge in [-0.2, -0.15) is 0 Å². The summed E-state index contributed by atoms with van der Waals surface area (Å²) in [7, 11) is 0. The molecule has 1 aliphatic heterocycles. The molecule has 3 N–H and O–H groups in total. The van der Waals surface area contributed by atoms with E-state index < -0.39 is 66.2 Å². The van der Waals surface area contributed by atoms with Gasteiger partial charge in [0.05, 0.1) is 12.9 Å². The lowest BCUT2D eigenvalue weighted by molar-refractivity contribution is -0.149. The molecule has 3 atom stereocenters. The van der Waals surface area contributed by atoms with E-state index in [2.05, 4.69) is 5.32 Å². The Bertz CT molecular complexity index is 837. The number of hydrogen-bond donors (Lipinski definition) is 3. The van der Waals surface area contributed by atoms with E-state index in [1.807, 2.05) is 0 Å². The monoisotopic (exact) mass is 353 g/mol. The highest BCUT2D eigenvalue weighted by Crippen LogP contribution is 2.18. The van der Waals surface area contributed by atoms with Gasteiger partial charge in [-0.05, 0) is 38.2 Å². The summed E-state index contributed by atoms with van der Waals surface area (Å²) in [5.74, 6) is -2.89. The molecular weight excluding hydrogens is 324 g/mol. The molecule has 1 fully saturated rings. The second-order valence-electron chi connectivity index (χ2n) is 5.95. The molecule has 0 aromatic heterocycles. The number of nitrogens with zero attached hydrogens (tertiary/aromatic N) is 1. The predicted octanol–water partition coefficient (Wildman–Crippen LogP) is 1.13. The number of aliphatic carboxylic acids is 2. The zero-order valence-electron chi connectivity index (χ0n) is 18.8. The summed E-state index contributed by atoms with van der Waals surface area (Å²) in [4.78, 5) is 36.8. The van der Waals surface area contributed by atoms with Gasteiger partial charge in [-0.15, -0.1) is 0 Å². The van der Waals surface area contributed by atoms with Gasteiger partial charge in [0.15, 0.2) is 0 Å². The molecule has 0 bridgehead atoms. The number of amides is 1. The minimum absolute atomic E-state index is 0.00138. The van der Waals surface area contributed by atoms with Crippen molar-refractivity contribution in [2.24, 2.45) is 0 Å². The number of carboxylic acids is 2. The lowest BCUT2D eigenvalue weighted by Gasteiger charge is -2.27. The second kappa shape index (κ2) is 8.62. The van der Waals surface area contributed by atoms with Crippen molar-refractivity contribution in [3.8, 4) is 0 Å². The summed E-state index contributed by atoms with van der Waals surface area (Å²) in [6, 6.07) is -5.44. The third-order valence-corrected chi connectivity index (χ3v) is 4.18. The molecule has 2 rings (SSSR count). The lowest BCUT2D eigenvalue weighted by atomic mass is 10.0. The van der Waals surface area contributed by atoms with Crippen molar-refractivity contribution in [1.82, 2.24) is 10.2 Å². The van der Waals surface area contributed by atoms with Crippen LogP contribution >= 0.6 is 0 Å². The fraction of sp³-hybridized carbons (Fsp3) is 0.500.